The third kappa shape index (κ3) is 4.00. The lowest BCUT2D eigenvalue weighted by Gasteiger charge is -2.26. The summed E-state index contributed by atoms with van der Waals surface area (Å²) in [6.07, 6.45) is 6.45. The maximum Gasteiger partial charge on any atom is 0.317 e. The number of carboxylic acids is 1. The first-order valence-corrected chi connectivity index (χ1v) is 6.40. The highest BCUT2D eigenvalue weighted by Gasteiger charge is 2.28. The second-order valence-corrected chi connectivity index (χ2v) is 5.08. The summed E-state index contributed by atoms with van der Waals surface area (Å²) >= 11 is 0. The van der Waals surface area contributed by atoms with E-state index in [1.165, 1.54) is 0 Å². The van der Waals surface area contributed by atoms with Crippen molar-refractivity contribution in [3.8, 4) is 0 Å². The van der Waals surface area contributed by atoms with E-state index in [0.29, 0.717) is 6.04 Å². The maximum atomic E-state index is 11.7. The van der Waals surface area contributed by atoms with Crippen molar-refractivity contribution >= 4 is 11.9 Å². The summed E-state index contributed by atoms with van der Waals surface area (Å²) in [7, 11) is 0. The van der Waals surface area contributed by atoms with Crippen molar-refractivity contribution in [3.63, 3.8) is 0 Å². The zero-order valence-corrected chi connectivity index (χ0v) is 10.0. The molecule has 0 atom stereocenters. The zero-order chi connectivity index (χ0) is 12.3. The molecule has 17 heavy (non-hydrogen) atoms. The van der Waals surface area contributed by atoms with Crippen molar-refractivity contribution in [1.82, 2.24) is 10.2 Å². The standard InChI is InChI=1S/C12H20N2O3/c15-11(13-9-5-6-9)7-14(8-12(16)17)10-3-1-2-4-10/h9-10H,1-8H2,(H,13,15)(H,16,17). The largest absolute Gasteiger partial charge is 0.480 e. The highest BCUT2D eigenvalue weighted by Crippen LogP contribution is 2.23. The molecule has 5 heteroatoms. The number of carboxylic acid groups (broad SMARTS) is 1. The van der Waals surface area contributed by atoms with Gasteiger partial charge in [-0.15, -0.1) is 0 Å². The summed E-state index contributed by atoms with van der Waals surface area (Å²) < 4.78 is 0. The van der Waals surface area contributed by atoms with Gasteiger partial charge in [-0.2, -0.15) is 0 Å². The molecule has 0 aromatic rings. The van der Waals surface area contributed by atoms with Gasteiger partial charge < -0.3 is 10.4 Å². The highest BCUT2D eigenvalue weighted by atomic mass is 16.4. The van der Waals surface area contributed by atoms with Crippen LogP contribution in [0.4, 0.5) is 0 Å². The van der Waals surface area contributed by atoms with E-state index in [0.717, 1.165) is 38.5 Å². The van der Waals surface area contributed by atoms with Crippen LogP contribution in [0, 0.1) is 0 Å². The minimum Gasteiger partial charge on any atom is -0.480 e. The molecule has 0 aliphatic heterocycles. The first-order chi connectivity index (χ1) is 8.15. The summed E-state index contributed by atoms with van der Waals surface area (Å²) in [5.41, 5.74) is 0. The number of rotatable bonds is 6. The fraction of sp³-hybridized carbons (Fsp3) is 0.833. The summed E-state index contributed by atoms with van der Waals surface area (Å²) in [4.78, 5) is 24.3. The predicted molar refractivity (Wildman–Crippen MR) is 62.6 cm³/mol. The van der Waals surface area contributed by atoms with Crippen LogP contribution in [0.5, 0.6) is 0 Å². The highest BCUT2D eigenvalue weighted by molar-refractivity contribution is 5.79. The Bertz CT molecular complexity index is 296. The van der Waals surface area contributed by atoms with E-state index in [4.69, 9.17) is 5.11 Å². The predicted octanol–water partition coefficient (Wildman–Crippen LogP) is 0.594. The molecule has 0 heterocycles. The minimum absolute atomic E-state index is 0.0250. The molecule has 0 bridgehead atoms. The van der Waals surface area contributed by atoms with Gasteiger partial charge in [0.2, 0.25) is 5.91 Å². The molecule has 0 radical (unpaired) electrons. The monoisotopic (exact) mass is 240 g/mol. The van der Waals surface area contributed by atoms with E-state index in [9.17, 15) is 9.59 Å². The van der Waals surface area contributed by atoms with E-state index in [1.807, 2.05) is 4.90 Å². The van der Waals surface area contributed by atoms with Gasteiger partial charge >= 0.3 is 5.97 Å². The van der Waals surface area contributed by atoms with Crippen molar-refractivity contribution in [2.24, 2.45) is 0 Å². The number of amides is 1. The summed E-state index contributed by atoms with van der Waals surface area (Å²) in [6, 6.07) is 0.619. The van der Waals surface area contributed by atoms with Crippen LogP contribution in [0.2, 0.25) is 0 Å². The van der Waals surface area contributed by atoms with E-state index in [1.54, 1.807) is 0 Å². The van der Waals surface area contributed by atoms with Crippen molar-refractivity contribution in [2.45, 2.75) is 50.6 Å². The molecule has 0 unspecified atom stereocenters. The van der Waals surface area contributed by atoms with E-state index < -0.39 is 5.97 Å². The van der Waals surface area contributed by atoms with Crippen LogP contribution in [0.1, 0.15) is 38.5 Å². The Morgan fingerprint density at radius 3 is 2.29 bits per heavy atom. The van der Waals surface area contributed by atoms with Crippen LogP contribution in [0.25, 0.3) is 0 Å². The fourth-order valence-electron chi connectivity index (χ4n) is 2.44. The fourth-order valence-corrected chi connectivity index (χ4v) is 2.44. The molecule has 0 aromatic heterocycles. The number of nitrogens with zero attached hydrogens (tertiary/aromatic N) is 1. The molecule has 5 nitrogen and oxygen atoms in total. The van der Waals surface area contributed by atoms with E-state index in [2.05, 4.69) is 5.32 Å². The first kappa shape index (κ1) is 12.4. The summed E-state index contributed by atoms with van der Waals surface area (Å²) in [6.45, 7) is 0.205. The number of carbonyl (C=O) groups is 2. The third-order valence-electron chi connectivity index (χ3n) is 3.47. The van der Waals surface area contributed by atoms with Gasteiger partial charge in [0.1, 0.15) is 0 Å². The third-order valence-corrected chi connectivity index (χ3v) is 3.47. The molecule has 96 valence electrons. The average Bonchev–Trinajstić information content (AvgIpc) is 2.90. The molecular weight excluding hydrogens is 220 g/mol. The molecule has 0 saturated heterocycles. The Morgan fingerprint density at radius 2 is 1.76 bits per heavy atom. The molecular formula is C12H20N2O3. The molecule has 2 saturated carbocycles. The van der Waals surface area contributed by atoms with Crippen molar-refractivity contribution in [1.29, 1.82) is 0 Å². The van der Waals surface area contributed by atoms with Gasteiger partial charge in [0.25, 0.3) is 0 Å². The number of aliphatic carboxylic acids is 1. The van der Waals surface area contributed by atoms with Gasteiger partial charge in [-0.05, 0) is 25.7 Å². The van der Waals surface area contributed by atoms with Gasteiger partial charge in [0.15, 0.2) is 0 Å². The minimum atomic E-state index is -0.851. The average molecular weight is 240 g/mol. The Balaban J connectivity index is 1.84. The van der Waals surface area contributed by atoms with E-state index in [-0.39, 0.29) is 25.0 Å². The normalized spacial score (nSPS) is 20.8. The Labute approximate surface area is 101 Å². The Morgan fingerprint density at radius 1 is 1.12 bits per heavy atom. The lowest BCUT2D eigenvalue weighted by molar-refractivity contribution is -0.139. The number of hydrogen-bond acceptors (Lipinski definition) is 3. The van der Waals surface area contributed by atoms with Crippen molar-refractivity contribution in [2.75, 3.05) is 13.1 Å². The molecule has 2 aliphatic rings. The maximum absolute atomic E-state index is 11.7. The van der Waals surface area contributed by atoms with Gasteiger partial charge in [-0.25, -0.2) is 0 Å². The second kappa shape index (κ2) is 5.49. The quantitative estimate of drug-likeness (QED) is 0.713. The van der Waals surface area contributed by atoms with Crippen LogP contribution in [-0.2, 0) is 9.59 Å². The van der Waals surface area contributed by atoms with Gasteiger partial charge in [-0.3, -0.25) is 14.5 Å². The Hall–Kier alpha value is -1.10. The number of hydrogen-bond donors (Lipinski definition) is 2. The second-order valence-electron chi connectivity index (χ2n) is 5.08. The van der Waals surface area contributed by atoms with Crippen molar-refractivity contribution < 1.29 is 14.7 Å². The van der Waals surface area contributed by atoms with Gasteiger partial charge in [-0.1, -0.05) is 12.8 Å². The topological polar surface area (TPSA) is 69.6 Å². The molecule has 2 rings (SSSR count). The molecule has 0 spiro atoms. The zero-order valence-electron chi connectivity index (χ0n) is 10.0. The molecule has 0 aromatic carbocycles. The van der Waals surface area contributed by atoms with Crippen LogP contribution in [-0.4, -0.2) is 47.1 Å². The van der Waals surface area contributed by atoms with Crippen LogP contribution >= 0.6 is 0 Å². The van der Waals surface area contributed by atoms with E-state index >= 15 is 0 Å². The molecule has 2 N–H and O–H groups in total. The van der Waals surface area contributed by atoms with Gasteiger partial charge in [0, 0.05) is 12.1 Å². The van der Waals surface area contributed by atoms with Gasteiger partial charge in [0.05, 0.1) is 13.1 Å². The number of carbonyl (C=O) groups excluding carboxylic acids is 1. The molecule has 2 fully saturated rings. The molecule has 2 aliphatic carbocycles. The van der Waals surface area contributed by atoms with Crippen LogP contribution < -0.4 is 5.32 Å². The SMILES string of the molecule is O=C(O)CN(CC(=O)NC1CC1)C1CCCC1. The smallest absolute Gasteiger partial charge is 0.317 e. The van der Waals surface area contributed by atoms with Crippen LogP contribution in [0.3, 0.4) is 0 Å². The lowest BCUT2D eigenvalue weighted by atomic mass is 10.2. The molecule has 1 amide bonds. The summed E-state index contributed by atoms with van der Waals surface area (Å²) in [5.74, 6) is -0.878. The van der Waals surface area contributed by atoms with Crippen molar-refractivity contribution in [3.05, 3.63) is 0 Å². The number of nitrogens with one attached hydrogen (secondary N) is 1. The summed E-state index contributed by atoms with van der Waals surface area (Å²) in [5, 5.41) is 11.8. The first-order valence-electron chi connectivity index (χ1n) is 6.40. The van der Waals surface area contributed by atoms with Crippen LogP contribution in [0.15, 0.2) is 0 Å². The lowest BCUT2D eigenvalue weighted by Crippen LogP contribution is -2.44. The Kier molecular flexibility index (Phi) is 3.99.